The molecule has 12 nitrogen and oxygen atoms in total. The van der Waals surface area contributed by atoms with Crippen molar-refractivity contribution in [1.82, 2.24) is 0 Å². The Bertz CT molecular complexity index is 1050. The van der Waals surface area contributed by atoms with Gasteiger partial charge in [0.1, 0.15) is 18.2 Å². The molecule has 0 radical (unpaired) electrons. The van der Waals surface area contributed by atoms with Gasteiger partial charge in [0, 0.05) is 0 Å². The van der Waals surface area contributed by atoms with Crippen LogP contribution in [0.15, 0.2) is 18.2 Å². The van der Waals surface area contributed by atoms with E-state index >= 15 is 0 Å². The van der Waals surface area contributed by atoms with Gasteiger partial charge in [-0.25, -0.2) is 14.4 Å². The number of rotatable bonds is 15. The van der Waals surface area contributed by atoms with Gasteiger partial charge in [-0.3, -0.25) is 4.79 Å². The summed E-state index contributed by atoms with van der Waals surface area (Å²) in [6.45, 7) is 17.3. The molecule has 3 atom stereocenters. The second-order valence-corrected chi connectivity index (χ2v) is 12.4. The predicted molar refractivity (Wildman–Crippen MR) is 158 cm³/mol. The Kier molecular flexibility index (Phi) is 15.9. The normalized spacial score (nSPS) is 13.5. The third-order valence-electron chi connectivity index (χ3n) is 5.85. The molecule has 12 heteroatoms. The second-order valence-electron chi connectivity index (χ2n) is 12.4. The van der Waals surface area contributed by atoms with Gasteiger partial charge in [0.2, 0.25) is 0 Å². The summed E-state index contributed by atoms with van der Waals surface area (Å²) in [6, 6.07) is 3.26. The molecular formula is C31H49NO11. The van der Waals surface area contributed by atoms with Gasteiger partial charge in [-0.05, 0) is 68.1 Å². The summed E-state index contributed by atoms with van der Waals surface area (Å²) in [4.78, 5) is 49.1. The lowest BCUT2D eigenvalue weighted by Gasteiger charge is -2.23. The molecule has 0 heterocycles. The van der Waals surface area contributed by atoms with Crippen LogP contribution in [0.5, 0.6) is 11.5 Å². The maximum absolute atomic E-state index is 12.7. The summed E-state index contributed by atoms with van der Waals surface area (Å²) >= 11 is 0. The quantitative estimate of drug-likeness (QED) is 0.136. The van der Waals surface area contributed by atoms with Crippen LogP contribution in [0.25, 0.3) is 0 Å². The Morgan fingerprint density at radius 2 is 1.23 bits per heavy atom. The van der Waals surface area contributed by atoms with Gasteiger partial charge in [-0.15, -0.1) is 0 Å². The number of benzene rings is 1. The fourth-order valence-electron chi connectivity index (χ4n) is 3.10. The van der Waals surface area contributed by atoms with Crippen LogP contribution >= 0.6 is 0 Å². The number of carbonyl (C=O) groups is 4. The first-order chi connectivity index (χ1) is 20.0. The van der Waals surface area contributed by atoms with Crippen molar-refractivity contribution >= 4 is 24.4 Å². The van der Waals surface area contributed by atoms with Crippen molar-refractivity contribution in [3.8, 4) is 11.5 Å². The molecule has 0 saturated carbocycles. The Morgan fingerprint density at radius 3 is 1.74 bits per heavy atom. The fraction of sp³-hybridized carbons (Fsp3) is 0.677. The number of carbonyl (C=O) groups excluding carboxylic acids is 4. The molecule has 1 aromatic rings. The van der Waals surface area contributed by atoms with E-state index in [2.05, 4.69) is 0 Å². The summed E-state index contributed by atoms with van der Waals surface area (Å²) in [5, 5.41) is 0. The van der Waals surface area contributed by atoms with E-state index < -0.39 is 42.7 Å². The molecule has 1 rings (SSSR count). The summed E-state index contributed by atoms with van der Waals surface area (Å²) in [5.74, 6) is -0.283. The minimum atomic E-state index is -1.11. The van der Waals surface area contributed by atoms with E-state index in [0.29, 0.717) is 30.2 Å². The van der Waals surface area contributed by atoms with E-state index in [1.165, 1.54) is 12.1 Å². The number of nitrogens with two attached hydrogens (primary N) is 1. The van der Waals surface area contributed by atoms with E-state index in [-0.39, 0.29) is 43.2 Å². The summed E-state index contributed by atoms with van der Waals surface area (Å²) in [6.07, 6.45) is -3.12. The van der Waals surface area contributed by atoms with E-state index in [4.69, 9.17) is 38.9 Å². The molecule has 2 N–H and O–H groups in total. The largest absolute Gasteiger partial charge is 0.513 e. The van der Waals surface area contributed by atoms with E-state index in [9.17, 15) is 19.2 Å². The van der Waals surface area contributed by atoms with Crippen molar-refractivity contribution in [2.24, 2.45) is 23.0 Å². The Labute approximate surface area is 254 Å². The van der Waals surface area contributed by atoms with Gasteiger partial charge in [-0.2, -0.15) is 0 Å². The predicted octanol–water partition coefficient (Wildman–Crippen LogP) is 6.20. The van der Waals surface area contributed by atoms with Crippen LogP contribution in [0.3, 0.4) is 0 Å². The lowest BCUT2D eigenvalue weighted by atomic mass is 9.99. The van der Waals surface area contributed by atoms with Gasteiger partial charge < -0.3 is 38.9 Å². The summed E-state index contributed by atoms with van der Waals surface area (Å²) in [7, 11) is 0. The van der Waals surface area contributed by atoms with Crippen molar-refractivity contribution in [2.45, 2.75) is 99.8 Å². The van der Waals surface area contributed by atoms with Crippen LogP contribution in [0.2, 0.25) is 0 Å². The van der Waals surface area contributed by atoms with Crippen LogP contribution in [0.4, 0.5) is 14.4 Å². The number of hydrogen-bond acceptors (Lipinski definition) is 12. The van der Waals surface area contributed by atoms with Gasteiger partial charge in [0.05, 0.1) is 19.8 Å². The average Bonchev–Trinajstić information content (AvgIpc) is 2.88. The zero-order valence-electron chi connectivity index (χ0n) is 26.9. The maximum atomic E-state index is 12.7. The molecule has 0 aliphatic carbocycles. The SMILES string of the molecule is CC(C)CCOC(=O)Oc1ccc(C[C@H](N)C(=O)O[C@@H](C)[C@H](C)OC(=O)OCC(C)(C)C)cc1OC(=O)OCCC(C)C. The Morgan fingerprint density at radius 1 is 0.721 bits per heavy atom. The van der Waals surface area contributed by atoms with Crippen molar-refractivity contribution in [1.29, 1.82) is 0 Å². The highest BCUT2D eigenvalue weighted by atomic mass is 16.7. The molecule has 0 aromatic heterocycles. The lowest BCUT2D eigenvalue weighted by molar-refractivity contribution is -0.155. The van der Waals surface area contributed by atoms with Crippen LogP contribution in [-0.4, -0.2) is 62.5 Å². The molecular weight excluding hydrogens is 562 g/mol. The van der Waals surface area contributed by atoms with Crippen molar-refractivity contribution in [3.05, 3.63) is 23.8 Å². The zero-order valence-corrected chi connectivity index (χ0v) is 26.9. The van der Waals surface area contributed by atoms with Crippen molar-refractivity contribution in [2.75, 3.05) is 19.8 Å². The first kappa shape index (κ1) is 37.5. The number of ether oxygens (including phenoxy) is 7. The molecule has 0 aliphatic rings. The van der Waals surface area contributed by atoms with Crippen molar-refractivity contribution < 1.29 is 52.3 Å². The third kappa shape index (κ3) is 16.6. The molecule has 0 saturated heterocycles. The maximum Gasteiger partial charge on any atom is 0.513 e. The highest BCUT2D eigenvalue weighted by molar-refractivity contribution is 5.76. The van der Waals surface area contributed by atoms with E-state index in [0.717, 1.165) is 0 Å². The highest BCUT2D eigenvalue weighted by Gasteiger charge is 2.26. The fourth-order valence-corrected chi connectivity index (χ4v) is 3.10. The van der Waals surface area contributed by atoms with Crippen LogP contribution < -0.4 is 15.2 Å². The van der Waals surface area contributed by atoms with Gasteiger partial charge in [0.25, 0.3) is 0 Å². The lowest BCUT2D eigenvalue weighted by Crippen LogP contribution is -2.39. The minimum Gasteiger partial charge on any atom is -0.458 e. The van der Waals surface area contributed by atoms with Crippen molar-refractivity contribution in [3.63, 3.8) is 0 Å². The number of hydrogen-bond donors (Lipinski definition) is 1. The zero-order chi connectivity index (χ0) is 32.7. The molecule has 0 unspecified atom stereocenters. The topological polar surface area (TPSA) is 159 Å². The smallest absolute Gasteiger partial charge is 0.458 e. The molecule has 0 bridgehead atoms. The van der Waals surface area contributed by atoms with Crippen LogP contribution in [0, 0.1) is 17.3 Å². The Balaban J connectivity index is 2.88. The highest BCUT2D eigenvalue weighted by Crippen LogP contribution is 2.30. The van der Waals surface area contributed by atoms with E-state index in [1.54, 1.807) is 19.9 Å². The monoisotopic (exact) mass is 611 g/mol. The molecule has 43 heavy (non-hydrogen) atoms. The first-order valence-corrected chi connectivity index (χ1v) is 14.6. The average molecular weight is 612 g/mol. The molecule has 0 aliphatic heterocycles. The first-order valence-electron chi connectivity index (χ1n) is 14.6. The molecule has 244 valence electrons. The van der Waals surface area contributed by atoms with Crippen LogP contribution in [0.1, 0.15) is 80.7 Å². The minimum absolute atomic E-state index is 0.00765. The van der Waals surface area contributed by atoms with Gasteiger partial charge in [-0.1, -0.05) is 54.5 Å². The molecule has 0 spiro atoms. The second kappa shape index (κ2) is 18.2. The van der Waals surface area contributed by atoms with Gasteiger partial charge >= 0.3 is 24.4 Å². The molecule has 0 fully saturated rings. The third-order valence-corrected chi connectivity index (χ3v) is 5.85. The van der Waals surface area contributed by atoms with Gasteiger partial charge in [0.15, 0.2) is 11.5 Å². The standard InChI is InChI=1S/C31H49NO11/c1-19(2)12-14-37-28(34)42-25-11-10-23(17-26(25)43-29(35)38-15-13-20(3)4)16-24(32)27(33)40-21(5)22(6)41-30(36)39-18-31(7,8)9/h10-11,17,19-22,24H,12-16,18,32H2,1-9H3/t21-,22-,24-/m0/s1. The Hall–Kier alpha value is -3.54. The molecule has 1 aromatic carbocycles. The van der Waals surface area contributed by atoms with E-state index in [1.807, 2.05) is 48.5 Å². The number of esters is 1. The molecule has 0 amide bonds. The summed E-state index contributed by atoms with van der Waals surface area (Å²) in [5.41, 5.74) is 6.35. The van der Waals surface area contributed by atoms with Crippen LogP contribution in [-0.2, 0) is 34.9 Å². The summed E-state index contributed by atoms with van der Waals surface area (Å²) < 4.78 is 36.4.